The second kappa shape index (κ2) is 5.69. The number of carbonyl (C=O) groups is 2. The zero-order valence-electron chi connectivity index (χ0n) is 7.73. The van der Waals surface area contributed by atoms with Gasteiger partial charge in [0.15, 0.2) is 6.29 Å². The van der Waals surface area contributed by atoms with Crippen molar-refractivity contribution >= 4 is 17.9 Å². The summed E-state index contributed by atoms with van der Waals surface area (Å²) >= 11 is 0. The second-order valence-corrected chi connectivity index (χ2v) is 2.43. The Hall–Kier alpha value is -2.12. The van der Waals surface area contributed by atoms with Gasteiger partial charge in [0, 0.05) is 18.1 Å². The van der Waals surface area contributed by atoms with Gasteiger partial charge in [0.05, 0.1) is 5.56 Å². The number of alkyl halides is 3. The Bertz CT molecular complexity index is 379. The molecule has 0 saturated carbocycles. The van der Waals surface area contributed by atoms with E-state index in [9.17, 15) is 18.0 Å². The highest BCUT2D eigenvalue weighted by atomic mass is 19.4. The van der Waals surface area contributed by atoms with Crippen molar-refractivity contribution < 1.29 is 27.9 Å². The number of carboxylic acid groups (broad SMARTS) is 1. The maximum atomic E-state index is 10.6. The number of halogens is 3. The van der Waals surface area contributed by atoms with Crippen molar-refractivity contribution in [3.63, 3.8) is 0 Å². The highest BCUT2D eigenvalue weighted by Gasteiger charge is 2.38. The number of aromatic nitrogens is 1. The lowest BCUT2D eigenvalue weighted by Gasteiger charge is -1.93. The summed E-state index contributed by atoms with van der Waals surface area (Å²) in [6, 6.07) is 1.59. The molecule has 0 unspecified atom stereocenters. The number of aliphatic carboxylic acids is 1. The van der Waals surface area contributed by atoms with Gasteiger partial charge in [0.1, 0.15) is 0 Å². The van der Waals surface area contributed by atoms with Crippen molar-refractivity contribution in [2.45, 2.75) is 6.18 Å². The number of nitrogen functional groups attached to an aromatic ring is 1. The molecule has 0 fully saturated rings. The number of aldehydes is 1. The van der Waals surface area contributed by atoms with Crippen LogP contribution in [-0.2, 0) is 4.79 Å². The quantitative estimate of drug-likeness (QED) is 0.712. The molecular weight excluding hydrogens is 229 g/mol. The van der Waals surface area contributed by atoms with Crippen LogP contribution in [0.5, 0.6) is 0 Å². The molecule has 0 saturated heterocycles. The van der Waals surface area contributed by atoms with E-state index in [1.54, 1.807) is 12.3 Å². The third kappa shape index (κ3) is 4.94. The summed E-state index contributed by atoms with van der Waals surface area (Å²) in [5, 5.41) is 7.12. The molecule has 5 nitrogen and oxygen atoms in total. The molecule has 0 bridgehead atoms. The molecule has 88 valence electrons. The number of pyridine rings is 1. The molecule has 1 aromatic heterocycles. The zero-order chi connectivity index (χ0) is 12.8. The first-order valence-corrected chi connectivity index (χ1v) is 3.73. The van der Waals surface area contributed by atoms with Crippen LogP contribution in [0.15, 0.2) is 18.5 Å². The molecule has 0 aliphatic carbocycles. The number of anilines is 1. The average molecular weight is 236 g/mol. The van der Waals surface area contributed by atoms with Crippen LogP contribution in [0.3, 0.4) is 0 Å². The van der Waals surface area contributed by atoms with E-state index in [-0.39, 0.29) is 0 Å². The fraction of sp³-hybridized carbons (Fsp3) is 0.125. The number of carboxylic acids is 1. The fourth-order valence-corrected chi connectivity index (χ4v) is 0.516. The Kier molecular flexibility index (Phi) is 4.93. The monoisotopic (exact) mass is 236 g/mol. The van der Waals surface area contributed by atoms with Crippen LogP contribution in [-0.4, -0.2) is 28.5 Å². The first kappa shape index (κ1) is 13.9. The molecule has 3 N–H and O–H groups in total. The molecule has 8 heteroatoms. The lowest BCUT2D eigenvalue weighted by molar-refractivity contribution is -0.192. The highest BCUT2D eigenvalue weighted by Crippen LogP contribution is 2.13. The van der Waals surface area contributed by atoms with Crippen LogP contribution >= 0.6 is 0 Å². The molecule has 1 heterocycles. The van der Waals surface area contributed by atoms with Crippen LogP contribution in [0, 0.1) is 0 Å². The largest absolute Gasteiger partial charge is 0.490 e. The molecule has 0 radical (unpaired) electrons. The number of nitrogens with zero attached hydrogens (tertiary/aromatic N) is 1. The standard InChI is InChI=1S/C6H6N2O.C2HF3O2/c7-6-1-2-8-3-5(6)4-9;3-2(4,5)1(6)7/h1-4H,(H2,7,8);(H,6,7). The summed E-state index contributed by atoms with van der Waals surface area (Å²) in [5.41, 5.74) is 6.27. The Morgan fingerprint density at radius 2 is 2.00 bits per heavy atom. The first-order chi connectivity index (χ1) is 7.29. The lowest BCUT2D eigenvalue weighted by atomic mass is 10.3. The van der Waals surface area contributed by atoms with Crippen LogP contribution in [0.2, 0.25) is 0 Å². The van der Waals surface area contributed by atoms with E-state index in [0.717, 1.165) is 0 Å². The molecule has 0 spiro atoms. The molecule has 0 aliphatic heterocycles. The van der Waals surface area contributed by atoms with Gasteiger partial charge in [-0.25, -0.2) is 4.79 Å². The second-order valence-electron chi connectivity index (χ2n) is 2.43. The molecular formula is C8H7F3N2O3. The van der Waals surface area contributed by atoms with Crippen LogP contribution in [0.4, 0.5) is 18.9 Å². The summed E-state index contributed by atoms with van der Waals surface area (Å²) in [5.74, 6) is -2.76. The van der Waals surface area contributed by atoms with Gasteiger partial charge in [-0.05, 0) is 6.07 Å². The van der Waals surface area contributed by atoms with E-state index in [1.165, 1.54) is 6.20 Å². The summed E-state index contributed by atoms with van der Waals surface area (Å²) in [7, 11) is 0. The van der Waals surface area contributed by atoms with Crippen molar-refractivity contribution in [1.29, 1.82) is 0 Å². The van der Waals surface area contributed by atoms with Crippen molar-refractivity contribution in [1.82, 2.24) is 4.98 Å². The van der Waals surface area contributed by atoms with E-state index >= 15 is 0 Å². The van der Waals surface area contributed by atoms with E-state index < -0.39 is 12.1 Å². The van der Waals surface area contributed by atoms with Gasteiger partial charge in [-0.2, -0.15) is 13.2 Å². The summed E-state index contributed by atoms with van der Waals surface area (Å²) < 4.78 is 31.7. The minimum atomic E-state index is -5.08. The first-order valence-electron chi connectivity index (χ1n) is 3.73. The fourth-order valence-electron chi connectivity index (χ4n) is 0.516. The summed E-state index contributed by atoms with van der Waals surface area (Å²) in [4.78, 5) is 22.7. The van der Waals surface area contributed by atoms with Gasteiger partial charge >= 0.3 is 12.1 Å². The SMILES string of the molecule is Nc1ccncc1C=O.O=C(O)C(F)(F)F. The number of hydrogen-bond donors (Lipinski definition) is 2. The number of nitrogens with two attached hydrogens (primary N) is 1. The number of hydrogen-bond acceptors (Lipinski definition) is 4. The molecule has 16 heavy (non-hydrogen) atoms. The lowest BCUT2D eigenvalue weighted by Crippen LogP contribution is -2.21. The minimum Gasteiger partial charge on any atom is -0.475 e. The summed E-state index contributed by atoms with van der Waals surface area (Å²) in [6.07, 6.45) is -1.42. The van der Waals surface area contributed by atoms with Gasteiger partial charge < -0.3 is 10.8 Å². The van der Waals surface area contributed by atoms with Crippen molar-refractivity contribution in [2.24, 2.45) is 0 Å². The van der Waals surface area contributed by atoms with E-state index in [0.29, 0.717) is 17.5 Å². The molecule has 1 aromatic rings. The minimum absolute atomic E-state index is 0.442. The average Bonchev–Trinajstić information content (AvgIpc) is 2.18. The normalized spacial score (nSPS) is 9.94. The van der Waals surface area contributed by atoms with Crippen molar-refractivity contribution in [3.8, 4) is 0 Å². The van der Waals surface area contributed by atoms with E-state index in [2.05, 4.69) is 4.98 Å². The molecule has 0 aromatic carbocycles. The number of carbonyl (C=O) groups excluding carboxylic acids is 1. The predicted molar refractivity (Wildman–Crippen MR) is 47.7 cm³/mol. The number of rotatable bonds is 1. The van der Waals surface area contributed by atoms with Crippen LogP contribution < -0.4 is 5.73 Å². The molecule has 0 aliphatic rings. The smallest absolute Gasteiger partial charge is 0.475 e. The maximum Gasteiger partial charge on any atom is 0.490 e. The zero-order valence-corrected chi connectivity index (χ0v) is 7.73. The van der Waals surface area contributed by atoms with Gasteiger partial charge in [0.25, 0.3) is 0 Å². The molecule has 1 rings (SSSR count). The van der Waals surface area contributed by atoms with Gasteiger partial charge in [0.2, 0.25) is 0 Å². The van der Waals surface area contributed by atoms with Crippen LogP contribution in [0.1, 0.15) is 10.4 Å². The third-order valence-corrected chi connectivity index (χ3v) is 1.26. The third-order valence-electron chi connectivity index (χ3n) is 1.26. The molecule has 0 amide bonds. The summed E-state index contributed by atoms with van der Waals surface area (Å²) in [6.45, 7) is 0. The highest BCUT2D eigenvalue weighted by molar-refractivity contribution is 5.82. The Labute approximate surface area is 87.7 Å². The van der Waals surface area contributed by atoms with Gasteiger partial charge in [-0.15, -0.1) is 0 Å². The Balaban J connectivity index is 0.000000293. The molecule has 0 atom stereocenters. The predicted octanol–water partition coefficient (Wildman–Crippen LogP) is 1.11. The van der Waals surface area contributed by atoms with Crippen LogP contribution in [0.25, 0.3) is 0 Å². The Morgan fingerprint density at radius 1 is 1.50 bits per heavy atom. The van der Waals surface area contributed by atoms with Gasteiger partial charge in [-0.1, -0.05) is 0 Å². The van der Waals surface area contributed by atoms with E-state index in [1.807, 2.05) is 0 Å². The Morgan fingerprint density at radius 3 is 2.25 bits per heavy atom. The topological polar surface area (TPSA) is 93.3 Å². The van der Waals surface area contributed by atoms with Crippen molar-refractivity contribution in [2.75, 3.05) is 5.73 Å². The van der Waals surface area contributed by atoms with Crippen molar-refractivity contribution in [3.05, 3.63) is 24.0 Å². The van der Waals surface area contributed by atoms with Gasteiger partial charge in [-0.3, -0.25) is 9.78 Å². The van der Waals surface area contributed by atoms with E-state index in [4.69, 9.17) is 15.6 Å². The maximum absolute atomic E-state index is 10.6.